The Balaban J connectivity index is 1.83. The number of carbonyl (C=O) groups excluding carboxylic acids is 3. The largest absolute Gasteiger partial charge is 0.478 e. The van der Waals surface area contributed by atoms with E-state index in [1.807, 2.05) is 0 Å². The summed E-state index contributed by atoms with van der Waals surface area (Å²) in [5.41, 5.74) is 0.588. The molecular weight excluding hydrogens is 288 g/mol. The van der Waals surface area contributed by atoms with Gasteiger partial charge in [0.05, 0.1) is 19.2 Å². The van der Waals surface area contributed by atoms with E-state index in [-0.39, 0.29) is 24.8 Å². The molecule has 0 aliphatic carbocycles. The lowest BCUT2D eigenvalue weighted by Crippen LogP contribution is -2.41. The van der Waals surface area contributed by atoms with E-state index in [4.69, 9.17) is 4.74 Å². The molecule has 2 rings (SSSR count). The summed E-state index contributed by atoms with van der Waals surface area (Å²) < 4.78 is 9.93. The highest BCUT2D eigenvalue weighted by atomic mass is 16.5. The van der Waals surface area contributed by atoms with Gasteiger partial charge in [-0.25, -0.2) is 4.79 Å². The van der Waals surface area contributed by atoms with Crippen LogP contribution in [0.15, 0.2) is 36.4 Å². The fourth-order valence-corrected chi connectivity index (χ4v) is 1.86. The lowest BCUT2D eigenvalue weighted by molar-refractivity contribution is -0.134. The Morgan fingerprint density at radius 1 is 1.41 bits per heavy atom. The second kappa shape index (κ2) is 7.26. The van der Waals surface area contributed by atoms with Gasteiger partial charge in [0.15, 0.2) is 6.10 Å². The van der Waals surface area contributed by atoms with Crippen molar-refractivity contribution in [2.75, 3.05) is 19.0 Å². The lowest BCUT2D eigenvalue weighted by Gasteiger charge is -2.25. The summed E-state index contributed by atoms with van der Waals surface area (Å²) in [5.74, 6) is -0.681. The number of fused-ring (bicyclic) bond motifs is 1. The second-order valence-corrected chi connectivity index (χ2v) is 4.53. The van der Waals surface area contributed by atoms with Crippen molar-refractivity contribution in [2.24, 2.45) is 0 Å². The van der Waals surface area contributed by atoms with Gasteiger partial charge in [-0.3, -0.25) is 9.59 Å². The molecule has 0 saturated heterocycles. The van der Waals surface area contributed by atoms with Crippen LogP contribution in [0, 0.1) is 0 Å². The van der Waals surface area contributed by atoms with Crippen LogP contribution in [0.5, 0.6) is 5.75 Å². The molecule has 2 N–H and O–H groups in total. The van der Waals surface area contributed by atoms with Crippen molar-refractivity contribution in [3.8, 4) is 5.75 Å². The zero-order valence-electron chi connectivity index (χ0n) is 12.0. The first-order valence-corrected chi connectivity index (χ1v) is 6.68. The minimum absolute atomic E-state index is 0.105. The number of rotatable bonds is 5. The van der Waals surface area contributed by atoms with Gasteiger partial charge in [0.1, 0.15) is 5.75 Å². The molecule has 1 aromatic rings. The van der Waals surface area contributed by atoms with E-state index in [0.717, 1.165) is 0 Å². The summed E-state index contributed by atoms with van der Waals surface area (Å²) in [5, 5.41) is 5.25. The number of esters is 1. The maximum atomic E-state index is 11.9. The maximum Gasteiger partial charge on any atom is 0.330 e. The first-order valence-electron chi connectivity index (χ1n) is 6.68. The molecule has 1 aromatic carbocycles. The van der Waals surface area contributed by atoms with Crippen LogP contribution in [-0.2, 0) is 19.1 Å². The Labute approximate surface area is 127 Å². The second-order valence-electron chi connectivity index (χ2n) is 4.53. The van der Waals surface area contributed by atoms with E-state index in [1.54, 1.807) is 24.3 Å². The number of ether oxygens (including phenoxy) is 2. The summed E-state index contributed by atoms with van der Waals surface area (Å²) in [7, 11) is 1.27. The van der Waals surface area contributed by atoms with E-state index >= 15 is 0 Å². The highest BCUT2D eigenvalue weighted by molar-refractivity contribution is 5.99. The molecule has 0 radical (unpaired) electrons. The molecule has 7 nitrogen and oxygen atoms in total. The molecule has 7 heteroatoms. The molecule has 1 heterocycles. The molecular formula is C15H16N2O5. The van der Waals surface area contributed by atoms with Crippen LogP contribution >= 0.6 is 0 Å². The van der Waals surface area contributed by atoms with Crippen molar-refractivity contribution >= 4 is 23.5 Å². The van der Waals surface area contributed by atoms with Gasteiger partial charge in [-0.1, -0.05) is 18.2 Å². The average molecular weight is 304 g/mol. The summed E-state index contributed by atoms with van der Waals surface area (Å²) >= 11 is 0. The Morgan fingerprint density at radius 2 is 2.18 bits per heavy atom. The maximum absolute atomic E-state index is 11.9. The number of amides is 2. The SMILES string of the molecule is COC(=O)/C=C/CNC(=O)CC1Oc2ccccc2NC1=O. The van der Waals surface area contributed by atoms with Crippen LogP contribution in [-0.4, -0.2) is 37.5 Å². The van der Waals surface area contributed by atoms with Crippen LogP contribution in [0.2, 0.25) is 0 Å². The van der Waals surface area contributed by atoms with E-state index in [1.165, 1.54) is 19.3 Å². The topological polar surface area (TPSA) is 93.7 Å². The third kappa shape index (κ3) is 4.08. The number of anilines is 1. The van der Waals surface area contributed by atoms with Crippen molar-refractivity contribution in [3.63, 3.8) is 0 Å². The van der Waals surface area contributed by atoms with Crippen LogP contribution in [0.25, 0.3) is 0 Å². The van der Waals surface area contributed by atoms with Gasteiger partial charge in [-0.2, -0.15) is 0 Å². The van der Waals surface area contributed by atoms with E-state index < -0.39 is 12.1 Å². The first kappa shape index (κ1) is 15.6. The molecule has 0 bridgehead atoms. The molecule has 0 fully saturated rings. The predicted molar refractivity (Wildman–Crippen MR) is 78.3 cm³/mol. The Kier molecular flexibility index (Phi) is 5.13. The van der Waals surface area contributed by atoms with E-state index in [0.29, 0.717) is 11.4 Å². The average Bonchev–Trinajstić information content (AvgIpc) is 2.52. The first-order chi connectivity index (χ1) is 10.6. The monoisotopic (exact) mass is 304 g/mol. The van der Waals surface area contributed by atoms with Crippen molar-refractivity contribution < 1.29 is 23.9 Å². The quantitative estimate of drug-likeness (QED) is 0.614. The van der Waals surface area contributed by atoms with Crippen molar-refractivity contribution in [2.45, 2.75) is 12.5 Å². The molecule has 2 amide bonds. The lowest BCUT2D eigenvalue weighted by atomic mass is 10.1. The molecule has 1 unspecified atom stereocenters. The number of methoxy groups -OCH3 is 1. The van der Waals surface area contributed by atoms with Gasteiger partial charge in [0.2, 0.25) is 5.91 Å². The fourth-order valence-electron chi connectivity index (χ4n) is 1.86. The molecule has 0 aromatic heterocycles. The fraction of sp³-hybridized carbons (Fsp3) is 0.267. The number of carbonyl (C=O) groups is 3. The summed E-state index contributed by atoms with van der Waals surface area (Å²) in [6.07, 6.45) is 1.69. The number of nitrogens with one attached hydrogen (secondary N) is 2. The highest BCUT2D eigenvalue weighted by Gasteiger charge is 2.29. The number of para-hydroxylation sites is 2. The van der Waals surface area contributed by atoms with E-state index in [9.17, 15) is 14.4 Å². The molecule has 22 heavy (non-hydrogen) atoms. The van der Waals surface area contributed by atoms with Crippen molar-refractivity contribution in [1.29, 1.82) is 0 Å². The van der Waals surface area contributed by atoms with Crippen molar-refractivity contribution in [1.82, 2.24) is 5.32 Å². The highest BCUT2D eigenvalue weighted by Crippen LogP contribution is 2.29. The van der Waals surface area contributed by atoms with Crippen LogP contribution in [0.4, 0.5) is 5.69 Å². The molecule has 116 valence electrons. The smallest absolute Gasteiger partial charge is 0.330 e. The van der Waals surface area contributed by atoms with Crippen LogP contribution < -0.4 is 15.4 Å². The number of hydrogen-bond donors (Lipinski definition) is 2. The zero-order valence-corrected chi connectivity index (χ0v) is 12.0. The number of hydrogen-bond acceptors (Lipinski definition) is 5. The third-order valence-electron chi connectivity index (χ3n) is 2.95. The molecule has 1 aliphatic heterocycles. The molecule has 0 spiro atoms. The Hall–Kier alpha value is -2.83. The van der Waals surface area contributed by atoms with Gasteiger partial charge < -0.3 is 20.1 Å². The number of benzene rings is 1. The van der Waals surface area contributed by atoms with Crippen LogP contribution in [0.1, 0.15) is 6.42 Å². The Bertz CT molecular complexity index is 612. The molecule has 1 atom stereocenters. The van der Waals surface area contributed by atoms with Gasteiger partial charge in [-0.15, -0.1) is 0 Å². The summed E-state index contributed by atoms with van der Waals surface area (Å²) in [6.45, 7) is 0.166. The normalized spacial score (nSPS) is 16.4. The van der Waals surface area contributed by atoms with Crippen LogP contribution in [0.3, 0.4) is 0 Å². The van der Waals surface area contributed by atoms with Gasteiger partial charge in [0.25, 0.3) is 5.91 Å². The minimum atomic E-state index is -0.875. The third-order valence-corrected chi connectivity index (χ3v) is 2.95. The Morgan fingerprint density at radius 3 is 2.95 bits per heavy atom. The summed E-state index contributed by atoms with van der Waals surface area (Å²) in [6, 6.07) is 7.01. The summed E-state index contributed by atoms with van der Waals surface area (Å²) in [4.78, 5) is 34.5. The minimum Gasteiger partial charge on any atom is -0.478 e. The molecule has 0 saturated carbocycles. The zero-order chi connectivity index (χ0) is 15.9. The molecule has 1 aliphatic rings. The van der Waals surface area contributed by atoms with Crippen molar-refractivity contribution in [3.05, 3.63) is 36.4 Å². The van der Waals surface area contributed by atoms with Gasteiger partial charge in [-0.05, 0) is 12.1 Å². The van der Waals surface area contributed by atoms with Gasteiger partial charge >= 0.3 is 5.97 Å². The predicted octanol–water partition coefficient (Wildman–Crippen LogP) is 0.622. The van der Waals surface area contributed by atoms with E-state index in [2.05, 4.69) is 15.4 Å². The van der Waals surface area contributed by atoms with Gasteiger partial charge in [0, 0.05) is 12.6 Å². The standard InChI is InChI=1S/C15H16N2O5/c1-21-14(19)7-4-8-16-13(18)9-12-15(20)17-10-5-2-3-6-11(10)22-12/h2-7,12H,8-9H2,1H3,(H,16,18)(H,17,20)/b7-4+.